The normalized spacial score (nSPS) is 13.7. The van der Waals surface area contributed by atoms with E-state index >= 15 is 0 Å². The highest BCUT2D eigenvalue weighted by atomic mass is 16.5. The van der Waals surface area contributed by atoms with Crippen LogP contribution in [0.2, 0.25) is 0 Å². The lowest BCUT2D eigenvalue weighted by Crippen LogP contribution is -2.30. The quantitative estimate of drug-likeness (QED) is 0.568. The number of fused-ring (bicyclic) bond motifs is 3. The van der Waals surface area contributed by atoms with Crippen molar-refractivity contribution in [1.82, 2.24) is 20.0 Å². The number of hydrogen-bond acceptors (Lipinski definition) is 6. The molecular formula is C20H32N6O2. The van der Waals surface area contributed by atoms with Crippen LogP contribution in [0.3, 0.4) is 0 Å². The van der Waals surface area contributed by atoms with Crippen molar-refractivity contribution in [3.63, 3.8) is 0 Å². The number of nitrogens with one attached hydrogen (secondary N) is 2. The average molecular weight is 389 g/mol. The predicted molar refractivity (Wildman–Crippen MR) is 111 cm³/mol. The Kier molecular flexibility index (Phi) is 6.72. The van der Waals surface area contributed by atoms with Crippen LogP contribution in [0, 0.1) is 5.92 Å². The molecule has 3 rings (SSSR count). The number of aryl methyl sites for hydroxylation is 2. The van der Waals surface area contributed by atoms with Crippen LogP contribution < -0.4 is 16.5 Å². The molecule has 2 aromatic heterocycles. The Morgan fingerprint density at radius 3 is 2.79 bits per heavy atom. The third-order valence-electron chi connectivity index (χ3n) is 5.05. The number of nitrogens with two attached hydrogens (primary N) is 1. The molecule has 8 heteroatoms. The first-order valence-corrected chi connectivity index (χ1v) is 10.3. The molecule has 0 fully saturated rings. The Morgan fingerprint density at radius 1 is 1.25 bits per heavy atom. The minimum absolute atomic E-state index is 0.00495. The average Bonchev–Trinajstić information content (AvgIpc) is 3.05. The van der Waals surface area contributed by atoms with Crippen LogP contribution in [0.15, 0.2) is 0 Å². The van der Waals surface area contributed by atoms with Gasteiger partial charge >= 0.3 is 0 Å². The second-order valence-electron chi connectivity index (χ2n) is 7.53. The third kappa shape index (κ3) is 4.38. The van der Waals surface area contributed by atoms with E-state index in [1.165, 1.54) is 5.56 Å². The van der Waals surface area contributed by atoms with Crippen LogP contribution in [0.4, 0.5) is 5.82 Å². The van der Waals surface area contributed by atoms with Crippen molar-refractivity contribution < 1.29 is 9.53 Å². The number of nitrogen functional groups attached to an aromatic ring is 1. The van der Waals surface area contributed by atoms with Crippen LogP contribution in [0.25, 0.3) is 11.0 Å². The number of amides is 1. The number of ether oxygens (including phenoxy) is 1. The number of carbonyl (C=O) groups excluding carboxylic acids is 1. The molecule has 0 atom stereocenters. The smallest absolute Gasteiger partial charge is 0.222 e. The number of nitrogens with zero attached hydrogens (tertiary/aromatic N) is 3. The lowest BCUT2D eigenvalue weighted by molar-refractivity contribution is -0.123. The lowest BCUT2D eigenvalue weighted by Gasteiger charge is -2.19. The molecule has 0 saturated heterocycles. The predicted octanol–water partition coefficient (Wildman–Crippen LogP) is 2.13. The maximum Gasteiger partial charge on any atom is 0.222 e. The van der Waals surface area contributed by atoms with E-state index < -0.39 is 0 Å². The molecule has 28 heavy (non-hydrogen) atoms. The number of hydrogen-bond donors (Lipinski definition) is 3. The molecule has 8 nitrogen and oxygen atoms in total. The number of carbonyl (C=O) groups is 1. The molecule has 1 aliphatic rings. The molecule has 1 amide bonds. The van der Waals surface area contributed by atoms with Gasteiger partial charge in [0, 0.05) is 36.9 Å². The second-order valence-corrected chi connectivity index (χ2v) is 7.53. The zero-order valence-electron chi connectivity index (χ0n) is 17.2. The molecule has 0 unspecified atom stereocenters. The first-order valence-electron chi connectivity index (χ1n) is 10.3. The molecule has 154 valence electrons. The molecule has 2 aromatic rings. The molecule has 0 radical (unpaired) electrons. The highest BCUT2D eigenvalue weighted by Gasteiger charge is 2.22. The summed E-state index contributed by atoms with van der Waals surface area (Å²) in [5.74, 6) is 1.37. The number of pyridine rings is 1. The fraction of sp³-hybridized carbons (Fsp3) is 0.650. The maximum atomic E-state index is 11.7. The summed E-state index contributed by atoms with van der Waals surface area (Å²) in [6, 6.07) is 0. The van der Waals surface area contributed by atoms with Crippen LogP contribution >= 0.6 is 0 Å². The van der Waals surface area contributed by atoms with E-state index in [1.54, 1.807) is 0 Å². The summed E-state index contributed by atoms with van der Waals surface area (Å²) in [7, 11) is 0. The van der Waals surface area contributed by atoms with Gasteiger partial charge < -0.3 is 21.2 Å². The monoisotopic (exact) mass is 388 g/mol. The highest BCUT2D eigenvalue weighted by Crippen LogP contribution is 2.31. The van der Waals surface area contributed by atoms with Crippen molar-refractivity contribution in [3.05, 3.63) is 17.1 Å². The van der Waals surface area contributed by atoms with Crippen LogP contribution in [0.1, 0.15) is 57.1 Å². The van der Waals surface area contributed by atoms with E-state index in [9.17, 15) is 4.79 Å². The number of anilines is 1. The van der Waals surface area contributed by atoms with E-state index in [1.807, 2.05) is 25.4 Å². The first kappa shape index (κ1) is 20.4. The molecule has 2 heterocycles. The summed E-state index contributed by atoms with van der Waals surface area (Å²) in [5, 5.41) is 2.95. The van der Waals surface area contributed by atoms with E-state index in [4.69, 9.17) is 15.5 Å². The summed E-state index contributed by atoms with van der Waals surface area (Å²) < 4.78 is 7.64. The Morgan fingerprint density at radius 2 is 2.04 bits per heavy atom. The first-order chi connectivity index (χ1) is 13.5. The summed E-state index contributed by atoms with van der Waals surface area (Å²) in [4.78, 5) is 21.0. The standard InChI is InChI=1S/C20H32N6O2/c1-4-28-12-16-25-17-18(14-8-5-6-9-15(14)24-19(17)21)26(16)23-11-7-10-22-20(27)13(2)3/h13,23H,4-12H2,1-3H3,(H2,21,24)(H,22,27). The molecule has 0 aliphatic heterocycles. The Hall–Kier alpha value is -2.35. The highest BCUT2D eigenvalue weighted by molar-refractivity contribution is 5.89. The van der Waals surface area contributed by atoms with Crippen molar-refractivity contribution in [3.8, 4) is 0 Å². The Bertz CT molecular complexity index is 830. The number of rotatable bonds is 9. The van der Waals surface area contributed by atoms with Gasteiger partial charge in [-0.15, -0.1) is 0 Å². The third-order valence-corrected chi connectivity index (χ3v) is 5.05. The van der Waals surface area contributed by atoms with E-state index in [2.05, 4.69) is 15.7 Å². The minimum Gasteiger partial charge on any atom is -0.382 e. The Labute approximate surface area is 166 Å². The SMILES string of the molecule is CCOCc1nc2c(N)nc3c(c2n1NCCCNC(=O)C(C)C)CCCC3. The Balaban J connectivity index is 1.82. The van der Waals surface area contributed by atoms with Crippen molar-refractivity contribution in [2.24, 2.45) is 5.92 Å². The minimum atomic E-state index is 0.00495. The zero-order valence-corrected chi connectivity index (χ0v) is 17.2. The summed E-state index contributed by atoms with van der Waals surface area (Å²) in [6.45, 7) is 8.14. The molecular weight excluding hydrogens is 356 g/mol. The maximum absolute atomic E-state index is 11.7. The topological polar surface area (TPSA) is 107 Å². The molecule has 0 saturated carbocycles. The van der Waals surface area contributed by atoms with Gasteiger partial charge in [0.15, 0.2) is 11.6 Å². The van der Waals surface area contributed by atoms with Crippen molar-refractivity contribution in [1.29, 1.82) is 0 Å². The second kappa shape index (κ2) is 9.23. The summed E-state index contributed by atoms with van der Waals surface area (Å²) in [6.07, 6.45) is 5.07. The van der Waals surface area contributed by atoms with Gasteiger partial charge in [0.05, 0.1) is 5.52 Å². The van der Waals surface area contributed by atoms with Crippen LogP contribution in [-0.2, 0) is 29.0 Å². The summed E-state index contributed by atoms with van der Waals surface area (Å²) in [5.41, 5.74) is 13.8. The fourth-order valence-electron chi connectivity index (χ4n) is 3.55. The van der Waals surface area contributed by atoms with Gasteiger partial charge in [0.1, 0.15) is 12.1 Å². The van der Waals surface area contributed by atoms with Gasteiger partial charge in [-0.05, 0) is 39.0 Å². The summed E-state index contributed by atoms with van der Waals surface area (Å²) >= 11 is 0. The van der Waals surface area contributed by atoms with Crippen molar-refractivity contribution >= 4 is 22.8 Å². The van der Waals surface area contributed by atoms with Gasteiger partial charge in [-0.1, -0.05) is 13.8 Å². The van der Waals surface area contributed by atoms with Gasteiger partial charge in [0.2, 0.25) is 5.91 Å². The van der Waals surface area contributed by atoms with Crippen LogP contribution in [0.5, 0.6) is 0 Å². The molecule has 0 aromatic carbocycles. The van der Waals surface area contributed by atoms with Gasteiger partial charge in [0.25, 0.3) is 0 Å². The fourth-order valence-corrected chi connectivity index (χ4v) is 3.55. The van der Waals surface area contributed by atoms with Crippen LogP contribution in [-0.4, -0.2) is 40.2 Å². The van der Waals surface area contributed by atoms with E-state index in [0.29, 0.717) is 32.1 Å². The molecule has 0 bridgehead atoms. The van der Waals surface area contributed by atoms with Gasteiger partial charge in [-0.3, -0.25) is 4.79 Å². The molecule has 4 N–H and O–H groups in total. The van der Waals surface area contributed by atoms with E-state index in [-0.39, 0.29) is 11.8 Å². The largest absolute Gasteiger partial charge is 0.382 e. The van der Waals surface area contributed by atoms with Crippen molar-refractivity contribution in [2.75, 3.05) is 30.9 Å². The van der Waals surface area contributed by atoms with Gasteiger partial charge in [-0.25, -0.2) is 14.6 Å². The molecule has 1 aliphatic carbocycles. The number of aromatic nitrogens is 3. The van der Waals surface area contributed by atoms with Crippen molar-refractivity contribution in [2.45, 2.75) is 59.5 Å². The van der Waals surface area contributed by atoms with Gasteiger partial charge in [-0.2, -0.15) is 0 Å². The molecule has 0 spiro atoms. The van der Waals surface area contributed by atoms with E-state index in [0.717, 1.165) is 54.7 Å². The lowest BCUT2D eigenvalue weighted by atomic mass is 9.95. The zero-order chi connectivity index (χ0) is 20.1. The number of imidazole rings is 1.